The molecular formula is C15H22N2O5. The molecule has 0 amide bonds. The number of esters is 1. The van der Waals surface area contributed by atoms with Gasteiger partial charge in [0, 0.05) is 6.54 Å². The molecule has 2 N–H and O–H groups in total. The largest absolute Gasteiger partial charge is 0.493 e. The molecule has 1 aliphatic rings. The summed E-state index contributed by atoms with van der Waals surface area (Å²) in [5.41, 5.74) is 6.96. The molecule has 0 bridgehead atoms. The van der Waals surface area contributed by atoms with E-state index in [1.807, 2.05) is 12.1 Å². The first-order valence-electron chi connectivity index (χ1n) is 7.11. The summed E-state index contributed by atoms with van der Waals surface area (Å²) in [5, 5.41) is 0. The van der Waals surface area contributed by atoms with E-state index >= 15 is 0 Å². The molecule has 2 rings (SSSR count). The van der Waals surface area contributed by atoms with Crippen LogP contribution in [0.4, 0.5) is 0 Å². The Morgan fingerprint density at radius 1 is 1.18 bits per heavy atom. The van der Waals surface area contributed by atoms with E-state index in [0.29, 0.717) is 30.4 Å². The van der Waals surface area contributed by atoms with Crippen LogP contribution in [-0.4, -0.2) is 40.5 Å². The summed E-state index contributed by atoms with van der Waals surface area (Å²) in [5.74, 6) is 1.07. The van der Waals surface area contributed by atoms with E-state index in [-0.39, 0.29) is 17.9 Å². The summed E-state index contributed by atoms with van der Waals surface area (Å²) < 4.78 is 21.1. The van der Waals surface area contributed by atoms with Crippen molar-refractivity contribution in [3.05, 3.63) is 17.7 Å². The Morgan fingerprint density at radius 3 is 2.32 bits per heavy atom. The molecule has 1 saturated heterocycles. The monoisotopic (exact) mass is 310 g/mol. The number of carbonyl (C=O) groups excluding carboxylic acids is 1. The van der Waals surface area contributed by atoms with Crippen molar-refractivity contribution in [2.45, 2.75) is 13.0 Å². The molecule has 1 aromatic rings. The van der Waals surface area contributed by atoms with Crippen molar-refractivity contribution in [3.63, 3.8) is 0 Å². The fourth-order valence-electron chi connectivity index (χ4n) is 2.56. The maximum atomic E-state index is 12.1. The van der Waals surface area contributed by atoms with Crippen molar-refractivity contribution in [1.29, 1.82) is 0 Å². The average molecular weight is 310 g/mol. The summed E-state index contributed by atoms with van der Waals surface area (Å²) in [6, 6.07) is 3.43. The van der Waals surface area contributed by atoms with E-state index < -0.39 is 0 Å². The number of hydrazine groups is 1. The van der Waals surface area contributed by atoms with E-state index in [0.717, 1.165) is 5.56 Å². The van der Waals surface area contributed by atoms with Crippen LogP contribution in [0.15, 0.2) is 12.1 Å². The van der Waals surface area contributed by atoms with Gasteiger partial charge < -0.3 is 18.9 Å². The molecule has 2 atom stereocenters. The van der Waals surface area contributed by atoms with Crippen LogP contribution in [0.5, 0.6) is 17.2 Å². The first-order chi connectivity index (χ1) is 10.7. The maximum absolute atomic E-state index is 12.1. The minimum absolute atomic E-state index is 0.229. The van der Waals surface area contributed by atoms with Crippen LogP contribution in [-0.2, 0) is 9.53 Å². The number of nitrogens with one attached hydrogen (secondary N) is 2. The lowest BCUT2D eigenvalue weighted by Crippen LogP contribution is -2.27. The number of hydrogen-bond donors (Lipinski definition) is 2. The molecule has 7 heteroatoms. The highest BCUT2D eigenvalue weighted by molar-refractivity contribution is 5.74. The van der Waals surface area contributed by atoms with Crippen molar-refractivity contribution in [2.75, 3.05) is 34.5 Å². The van der Waals surface area contributed by atoms with Crippen molar-refractivity contribution in [1.82, 2.24) is 10.9 Å². The van der Waals surface area contributed by atoms with E-state index in [4.69, 9.17) is 18.9 Å². The number of benzene rings is 1. The van der Waals surface area contributed by atoms with Crippen molar-refractivity contribution >= 4 is 5.97 Å². The van der Waals surface area contributed by atoms with Crippen LogP contribution in [0.2, 0.25) is 0 Å². The van der Waals surface area contributed by atoms with Gasteiger partial charge in [0.25, 0.3) is 0 Å². The third kappa shape index (κ3) is 3.10. The lowest BCUT2D eigenvalue weighted by molar-refractivity contribution is -0.147. The first kappa shape index (κ1) is 16.4. The zero-order valence-electron chi connectivity index (χ0n) is 13.3. The number of hydrogen-bond acceptors (Lipinski definition) is 7. The first-order valence-corrected chi connectivity index (χ1v) is 7.11. The van der Waals surface area contributed by atoms with Gasteiger partial charge in [0.2, 0.25) is 5.75 Å². The average Bonchev–Trinajstić information content (AvgIpc) is 3.03. The summed E-state index contributed by atoms with van der Waals surface area (Å²) in [4.78, 5) is 12.1. The Bertz CT molecular complexity index is 510. The highest BCUT2D eigenvalue weighted by Crippen LogP contribution is 2.41. The minimum Gasteiger partial charge on any atom is -0.493 e. The smallest absolute Gasteiger partial charge is 0.312 e. The summed E-state index contributed by atoms with van der Waals surface area (Å²) in [6.07, 6.45) is 0. The minimum atomic E-state index is -0.317. The van der Waals surface area contributed by atoms with Gasteiger partial charge in [-0.1, -0.05) is 0 Å². The standard InChI is InChI=1S/C15H22N2O5/c1-5-22-15(18)10-8-16-17-13(10)9-6-11(19-2)14(21-4)12(7-9)20-3/h6-7,10,13,16-17H,5,8H2,1-4H3. The van der Waals surface area contributed by atoms with Gasteiger partial charge in [0.05, 0.1) is 39.9 Å². The zero-order valence-corrected chi connectivity index (χ0v) is 13.3. The maximum Gasteiger partial charge on any atom is 0.312 e. The van der Waals surface area contributed by atoms with Gasteiger partial charge in [-0.2, -0.15) is 0 Å². The van der Waals surface area contributed by atoms with Gasteiger partial charge in [0.1, 0.15) is 0 Å². The van der Waals surface area contributed by atoms with E-state index in [1.165, 1.54) is 0 Å². The molecule has 1 heterocycles. The Balaban J connectivity index is 2.36. The van der Waals surface area contributed by atoms with Gasteiger partial charge in [-0.05, 0) is 24.6 Å². The fraction of sp³-hybridized carbons (Fsp3) is 0.533. The molecule has 1 fully saturated rings. The zero-order chi connectivity index (χ0) is 16.1. The molecule has 0 aliphatic carbocycles. The molecule has 7 nitrogen and oxygen atoms in total. The molecule has 1 aromatic carbocycles. The molecule has 0 radical (unpaired) electrons. The summed E-state index contributed by atoms with van der Waals surface area (Å²) in [7, 11) is 4.67. The number of carbonyl (C=O) groups is 1. The lowest BCUT2D eigenvalue weighted by Gasteiger charge is -2.20. The lowest BCUT2D eigenvalue weighted by atomic mass is 9.94. The normalized spacial score (nSPS) is 20.5. The Hall–Kier alpha value is -1.99. The SMILES string of the molecule is CCOC(=O)C1CNNC1c1cc(OC)c(OC)c(OC)c1. The third-order valence-electron chi connectivity index (χ3n) is 3.62. The predicted octanol–water partition coefficient (Wildman–Crippen LogP) is 1.04. The van der Waals surface area contributed by atoms with Gasteiger partial charge in [-0.25, -0.2) is 5.43 Å². The second kappa shape index (κ2) is 7.33. The predicted molar refractivity (Wildman–Crippen MR) is 80.1 cm³/mol. The topological polar surface area (TPSA) is 78.1 Å². The number of rotatable bonds is 6. The van der Waals surface area contributed by atoms with Crippen LogP contribution in [0, 0.1) is 5.92 Å². The van der Waals surface area contributed by atoms with Gasteiger partial charge in [-0.15, -0.1) is 0 Å². The van der Waals surface area contributed by atoms with Gasteiger partial charge >= 0.3 is 5.97 Å². The number of methoxy groups -OCH3 is 3. The molecule has 1 aliphatic heterocycles. The fourth-order valence-corrected chi connectivity index (χ4v) is 2.56. The highest BCUT2D eigenvalue weighted by Gasteiger charge is 2.36. The highest BCUT2D eigenvalue weighted by atomic mass is 16.5. The molecule has 22 heavy (non-hydrogen) atoms. The van der Waals surface area contributed by atoms with Crippen molar-refractivity contribution in [3.8, 4) is 17.2 Å². The second-order valence-corrected chi connectivity index (χ2v) is 4.82. The quantitative estimate of drug-likeness (QED) is 0.760. The number of ether oxygens (including phenoxy) is 4. The second-order valence-electron chi connectivity index (χ2n) is 4.82. The Labute approximate surface area is 129 Å². The third-order valence-corrected chi connectivity index (χ3v) is 3.62. The molecule has 122 valence electrons. The summed E-state index contributed by atoms with van der Waals surface area (Å²) >= 11 is 0. The summed E-state index contributed by atoms with van der Waals surface area (Å²) in [6.45, 7) is 2.65. The van der Waals surface area contributed by atoms with Crippen LogP contribution >= 0.6 is 0 Å². The molecular weight excluding hydrogens is 288 g/mol. The Kier molecular flexibility index (Phi) is 5.46. The van der Waals surface area contributed by atoms with Crippen LogP contribution < -0.4 is 25.1 Å². The van der Waals surface area contributed by atoms with Crippen LogP contribution in [0.1, 0.15) is 18.5 Å². The van der Waals surface area contributed by atoms with E-state index in [1.54, 1.807) is 28.3 Å². The van der Waals surface area contributed by atoms with Crippen LogP contribution in [0.3, 0.4) is 0 Å². The van der Waals surface area contributed by atoms with Gasteiger partial charge in [0.15, 0.2) is 11.5 Å². The van der Waals surface area contributed by atoms with Crippen molar-refractivity contribution in [2.24, 2.45) is 5.92 Å². The molecule has 0 spiro atoms. The molecule has 0 saturated carbocycles. The van der Waals surface area contributed by atoms with Gasteiger partial charge in [-0.3, -0.25) is 10.2 Å². The molecule has 2 unspecified atom stereocenters. The van der Waals surface area contributed by atoms with E-state index in [2.05, 4.69) is 10.9 Å². The Morgan fingerprint density at radius 2 is 1.82 bits per heavy atom. The van der Waals surface area contributed by atoms with Crippen LogP contribution in [0.25, 0.3) is 0 Å². The molecule has 0 aromatic heterocycles. The van der Waals surface area contributed by atoms with E-state index in [9.17, 15) is 4.79 Å². The van der Waals surface area contributed by atoms with Crippen molar-refractivity contribution < 1.29 is 23.7 Å².